The molecule has 0 aliphatic carbocycles. The zero-order chi connectivity index (χ0) is 13.8. The number of nitrogens with zero attached hydrogens (tertiary/aromatic N) is 2. The van der Waals surface area contributed by atoms with E-state index in [1.165, 1.54) is 23.3 Å². The maximum atomic E-state index is 14.0. The molecule has 0 bridgehead atoms. The summed E-state index contributed by atoms with van der Waals surface area (Å²) in [5, 5.41) is 0. The first kappa shape index (κ1) is 14.4. The van der Waals surface area contributed by atoms with Crippen LogP contribution in [0.1, 0.15) is 24.7 Å². The molecule has 0 saturated heterocycles. The quantitative estimate of drug-likeness (QED) is 0.919. The van der Waals surface area contributed by atoms with Gasteiger partial charge in [0.25, 0.3) is 0 Å². The van der Waals surface area contributed by atoms with Gasteiger partial charge in [0.05, 0.1) is 4.90 Å². The van der Waals surface area contributed by atoms with Crippen LogP contribution < -0.4 is 5.73 Å². The summed E-state index contributed by atoms with van der Waals surface area (Å²) in [6.07, 6.45) is 1.60. The molecule has 2 rings (SSSR count). The molecule has 0 aliphatic rings. The van der Waals surface area contributed by atoms with E-state index in [1.54, 1.807) is 12.1 Å². The Bertz CT molecular complexity index is 557. The molecule has 1 atom stereocenters. The van der Waals surface area contributed by atoms with Crippen molar-refractivity contribution >= 4 is 23.3 Å². The lowest BCUT2D eigenvalue weighted by atomic mass is 10.0. The summed E-state index contributed by atoms with van der Waals surface area (Å²) in [6, 6.07) is 5.36. The molecule has 2 aromatic rings. The van der Waals surface area contributed by atoms with Gasteiger partial charge in [0.1, 0.15) is 11.6 Å². The lowest BCUT2D eigenvalue weighted by molar-refractivity contribution is 0.593. The molecule has 1 unspecified atom stereocenters. The maximum absolute atomic E-state index is 14.0. The van der Waals surface area contributed by atoms with Crippen molar-refractivity contribution in [3.05, 3.63) is 35.4 Å². The summed E-state index contributed by atoms with van der Waals surface area (Å²) in [7, 11) is 0. The van der Waals surface area contributed by atoms with Gasteiger partial charge < -0.3 is 5.73 Å². The van der Waals surface area contributed by atoms with E-state index in [0.717, 1.165) is 22.1 Å². The van der Waals surface area contributed by atoms with Crippen molar-refractivity contribution in [1.29, 1.82) is 0 Å². The highest BCUT2D eigenvalue weighted by Crippen LogP contribution is 2.31. The molecular weight excluding hydrogens is 281 g/mol. The first-order valence-electron chi connectivity index (χ1n) is 6.10. The topological polar surface area (TPSA) is 51.8 Å². The maximum Gasteiger partial charge on any atom is 0.174 e. The van der Waals surface area contributed by atoms with E-state index >= 15 is 0 Å². The Morgan fingerprint density at radius 3 is 2.84 bits per heavy atom. The lowest BCUT2D eigenvalue weighted by Gasteiger charge is -2.09. The van der Waals surface area contributed by atoms with Crippen molar-refractivity contribution in [2.45, 2.75) is 42.0 Å². The van der Waals surface area contributed by atoms with Crippen molar-refractivity contribution in [2.75, 3.05) is 0 Å². The highest BCUT2D eigenvalue weighted by molar-refractivity contribution is 8.01. The molecule has 6 heteroatoms. The Labute approximate surface area is 120 Å². The Morgan fingerprint density at radius 2 is 2.26 bits per heavy atom. The van der Waals surface area contributed by atoms with Crippen LogP contribution in [0.25, 0.3) is 0 Å². The average molecular weight is 297 g/mol. The molecule has 102 valence electrons. The number of benzene rings is 1. The monoisotopic (exact) mass is 297 g/mol. The minimum absolute atomic E-state index is 0.0868. The molecule has 2 N–H and O–H groups in total. The van der Waals surface area contributed by atoms with Crippen molar-refractivity contribution < 1.29 is 4.39 Å². The second-order valence-corrected chi connectivity index (χ2v) is 6.39. The number of hydrogen-bond acceptors (Lipinski definition) is 5. The summed E-state index contributed by atoms with van der Waals surface area (Å²) in [6.45, 7) is 3.86. The van der Waals surface area contributed by atoms with E-state index in [9.17, 15) is 4.39 Å². The van der Waals surface area contributed by atoms with Gasteiger partial charge in [0.2, 0.25) is 0 Å². The Morgan fingerprint density at radius 1 is 1.47 bits per heavy atom. The van der Waals surface area contributed by atoms with E-state index in [0.29, 0.717) is 11.3 Å². The molecule has 0 radical (unpaired) electrons. The minimum atomic E-state index is -0.223. The van der Waals surface area contributed by atoms with Crippen LogP contribution >= 0.6 is 23.3 Å². The van der Waals surface area contributed by atoms with Gasteiger partial charge in [-0.3, -0.25) is 0 Å². The third kappa shape index (κ3) is 3.99. The molecule has 1 aromatic heterocycles. The zero-order valence-corrected chi connectivity index (χ0v) is 12.5. The molecule has 0 fully saturated rings. The highest BCUT2D eigenvalue weighted by atomic mass is 32.2. The first-order chi connectivity index (χ1) is 9.08. The smallest absolute Gasteiger partial charge is 0.174 e. The van der Waals surface area contributed by atoms with Crippen LogP contribution in [0, 0.1) is 12.7 Å². The van der Waals surface area contributed by atoms with Gasteiger partial charge in [0, 0.05) is 6.04 Å². The van der Waals surface area contributed by atoms with Gasteiger partial charge in [-0.1, -0.05) is 24.8 Å². The predicted molar refractivity (Wildman–Crippen MR) is 77.1 cm³/mol. The van der Waals surface area contributed by atoms with E-state index in [-0.39, 0.29) is 11.9 Å². The normalized spacial score (nSPS) is 12.6. The molecule has 0 aliphatic heterocycles. The second-order valence-electron chi connectivity index (χ2n) is 4.35. The van der Waals surface area contributed by atoms with Crippen LogP contribution in [0.2, 0.25) is 0 Å². The van der Waals surface area contributed by atoms with E-state index in [2.05, 4.69) is 9.36 Å². The second kappa shape index (κ2) is 6.45. The molecule has 3 nitrogen and oxygen atoms in total. The minimum Gasteiger partial charge on any atom is -0.327 e. The number of aryl methyl sites for hydroxylation is 1. The summed E-state index contributed by atoms with van der Waals surface area (Å²) in [4.78, 5) is 4.79. The SMILES string of the molecule is CCC(N)Cc1ccc(Sc2nc(C)ns2)c(F)c1. The molecule has 1 aromatic carbocycles. The molecule has 19 heavy (non-hydrogen) atoms. The summed E-state index contributed by atoms with van der Waals surface area (Å²) in [5.74, 6) is 0.497. The third-order valence-corrected chi connectivity index (χ3v) is 4.62. The molecule has 1 heterocycles. The average Bonchev–Trinajstić information content (AvgIpc) is 2.78. The third-order valence-electron chi connectivity index (χ3n) is 2.72. The number of rotatable bonds is 5. The first-order valence-corrected chi connectivity index (χ1v) is 7.69. The van der Waals surface area contributed by atoms with Crippen molar-refractivity contribution in [1.82, 2.24) is 9.36 Å². The van der Waals surface area contributed by atoms with E-state index in [1.807, 2.05) is 19.9 Å². The van der Waals surface area contributed by atoms with E-state index in [4.69, 9.17) is 5.73 Å². The number of aromatic nitrogens is 2. The number of nitrogens with two attached hydrogens (primary N) is 1. The summed E-state index contributed by atoms with van der Waals surface area (Å²) >= 11 is 2.59. The van der Waals surface area contributed by atoms with Crippen LogP contribution in [0.15, 0.2) is 27.4 Å². The van der Waals surface area contributed by atoms with Gasteiger partial charge in [-0.15, -0.1) is 0 Å². The zero-order valence-electron chi connectivity index (χ0n) is 10.9. The molecule has 0 saturated carbocycles. The van der Waals surface area contributed by atoms with Crippen molar-refractivity contribution in [2.24, 2.45) is 5.73 Å². The Balaban J connectivity index is 2.10. The molecule has 0 spiro atoms. The number of hydrogen-bond donors (Lipinski definition) is 1. The highest BCUT2D eigenvalue weighted by Gasteiger charge is 2.10. The fraction of sp³-hybridized carbons (Fsp3) is 0.385. The fourth-order valence-electron chi connectivity index (χ4n) is 1.61. The van der Waals surface area contributed by atoms with Crippen LogP contribution in [0.5, 0.6) is 0 Å². The van der Waals surface area contributed by atoms with Gasteiger partial charge in [-0.05, 0) is 49.0 Å². The number of halogens is 1. The van der Waals surface area contributed by atoms with Gasteiger partial charge in [0.15, 0.2) is 4.34 Å². The lowest BCUT2D eigenvalue weighted by Crippen LogP contribution is -2.21. The van der Waals surface area contributed by atoms with Crippen LogP contribution in [0.3, 0.4) is 0 Å². The van der Waals surface area contributed by atoms with Crippen LogP contribution in [-0.4, -0.2) is 15.4 Å². The molecule has 0 amide bonds. The Kier molecular flexibility index (Phi) is 4.90. The predicted octanol–water partition coefficient (Wildman–Crippen LogP) is 3.42. The van der Waals surface area contributed by atoms with Crippen molar-refractivity contribution in [3.8, 4) is 0 Å². The standard InChI is InChI=1S/C13H16FN3S2/c1-3-10(15)6-9-4-5-12(11(14)7-9)18-13-16-8(2)17-19-13/h4-5,7,10H,3,6,15H2,1-2H3. The largest absolute Gasteiger partial charge is 0.327 e. The van der Waals surface area contributed by atoms with Gasteiger partial charge >= 0.3 is 0 Å². The molecular formula is C13H16FN3S2. The van der Waals surface area contributed by atoms with Crippen LogP contribution in [0.4, 0.5) is 4.39 Å². The summed E-state index contributed by atoms with van der Waals surface area (Å²) in [5.41, 5.74) is 6.81. The van der Waals surface area contributed by atoms with E-state index < -0.39 is 0 Å². The van der Waals surface area contributed by atoms with Gasteiger partial charge in [-0.2, -0.15) is 4.37 Å². The summed E-state index contributed by atoms with van der Waals surface area (Å²) < 4.78 is 18.8. The fourth-order valence-corrected chi connectivity index (χ4v) is 3.23. The van der Waals surface area contributed by atoms with Crippen LogP contribution in [-0.2, 0) is 6.42 Å². The van der Waals surface area contributed by atoms with Gasteiger partial charge in [-0.25, -0.2) is 9.37 Å². The Hall–Kier alpha value is -0.980. The van der Waals surface area contributed by atoms with Crippen molar-refractivity contribution in [3.63, 3.8) is 0 Å².